The number of rotatable bonds is 4. The number of ether oxygens (including phenoxy) is 1. The molecule has 1 aromatic heterocycles. The molecule has 0 unspecified atom stereocenters. The molecule has 0 saturated heterocycles. The summed E-state index contributed by atoms with van der Waals surface area (Å²) < 4.78 is 5.03. The monoisotopic (exact) mass is 388 g/mol. The maximum Gasteiger partial charge on any atom is 0.212 e. The fraction of sp³-hybridized carbons (Fsp3) is 0.429. The molecule has 0 amide bonds. The van der Waals surface area contributed by atoms with E-state index in [1.54, 1.807) is 20.4 Å². The number of guanidine groups is 1. The van der Waals surface area contributed by atoms with Gasteiger partial charge in [0.2, 0.25) is 5.88 Å². The number of nitrogens with one attached hydrogen (secondary N) is 2. The Morgan fingerprint density at radius 1 is 1.40 bits per heavy atom. The molecule has 0 fully saturated rings. The number of aliphatic imine (C=N–C) groups is 1. The Balaban J connectivity index is 0.00000200. The Labute approximate surface area is 136 Å². The number of nitrogens with zero attached hydrogens (tertiary/aromatic N) is 2. The normalized spacial score (nSPS) is 14.8. The highest BCUT2D eigenvalue weighted by atomic mass is 127. The van der Waals surface area contributed by atoms with Gasteiger partial charge in [0.05, 0.1) is 7.11 Å². The third kappa shape index (κ3) is 4.99. The fourth-order valence-corrected chi connectivity index (χ4v) is 1.95. The van der Waals surface area contributed by atoms with Crippen LogP contribution < -0.4 is 15.4 Å². The smallest absolute Gasteiger partial charge is 0.212 e. The molecule has 2 rings (SSSR count). The van der Waals surface area contributed by atoms with Crippen LogP contribution in [0.5, 0.6) is 5.88 Å². The molecular formula is C14H21IN4O. The van der Waals surface area contributed by atoms with Crippen LogP contribution in [0.15, 0.2) is 35.5 Å². The van der Waals surface area contributed by atoms with Crippen LogP contribution in [-0.2, 0) is 6.54 Å². The molecule has 6 heteroatoms. The van der Waals surface area contributed by atoms with Gasteiger partial charge in [0, 0.05) is 31.9 Å². The summed E-state index contributed by atoms with van der Waals surface area (Å²) in [5.41, 5.74) is 1.09. The van der Waals surface area contributed by atoms with Crippen molar-refractivity contribution in [2.75, 3.05) is 14.2 Å². The van der Waals surface area contributed by atoms with Crippen molar-refractivity contribution >= 4 is 29.9 Å². The SMILES string of the molecule is CN=C(NCc1ccc(OC)nc1)NC1CC=CC1.I. The average molecular weight is 388 g/mol. The molecule has 20 heavy (non-hydrogen) atoms. The molecule has 0 spiro atoms. The van der Waals surface area contributed by atoms with E-state index in [4.69, 9.17) is 4.74 Å². The topological polar surface area (TPSA) is 58.5 Å². The van der Waals surface area contributed by atoms with E-state index in [1.165, 1.54) is 0 Å². The Kier molecular flexibility index (Phi) is 7.35. The van der Waals surface area contributed by atoms with Crippen LogP contribution in [0.25, 0.3) is 0 Å². The summed E-state index contributed by atoms with van der Waals surface area (Å²) in [5.74, 6) is 1.45. The quantitative estimate of drug-likeness (QED) is 0.359. The van der Waals surface area contributed by atoms with Crippen molar-refractivity contribution in [3.8, 4) is 5.88 Å². The first kappa shape index (κ1) is 16.7. The minimum atomic E-state index is 0. The largest absolute Gasteiger partial charge is 0.481 e. The van der Waals surface area contributed by atoms with E-state index in [1.807, 2.05) is 12.1 Å². The van der Waals surface area contributed by atoms with E-state index in [-0.39, 0.29) is 24.0 Å². The van der Waals surface area contributed by atoms with Gasteiger partial charge in [-0.05, 0) is 18.4 Å². The van der Waals surface area contributed by atoms with Gasteiger partial charge in [-0.2, -0.15) is 0 Å². The van der Waals surface area contributed by atoms with Crippen LogP contribution in [0.2, 0.25) is 0 Å². The van der Waals surface area contributed by atoms with Crippen LogP contribution in [0, 0.1) is 0 Å². The van der Waals surface area contributed by atoms with Gasteiger partial charge in [0.1, 0.15) is 0 Å². The highest BCUT2D eigenvalue weighted by Crippen LogP contribution is 2.09. The van der Waals surface area contributed by atoms with Crippen LogP contribution in [-0.4, -0.2) is 31.1 Å². The number of hydrogen-bond acceptors (Lipinski definition) is 3. The molecule has 0 saturated carbocycles. The van der Waals surface area contributed by atoms with Gasteiger partial charge < -0.3 is 15.4 Å². The summed E-state index contributed by atoms with van der Waals surface area (Å²) in [6.07, 6.45) is 8.31. The number of aromatic nitrogens is 1. The first-order valence-corrected chi connectivity index (χ1v) is 6.43. The van der Waals surface area contributed by atoms with Gasteiger partial charge in [-0.25, -0.2) is 4.98 Å². The van der Waals surface area contributed by atoms with E-state index in [2.05, 4.69) is 32.8 Å². The summed E-state index contributed by atoms with van der Waals surface area (Å²) in [5, 5.41) is 6.67. The van der Waals surface area contributed by atoms with E-state index < -0.39 is 0 Å². The van der Waals surface area contributed by atoms with Crippen molar-refractivity contribution in [2.24, 2.45) is 4.99 Å². The highest BCUT2D eigenvalue weighted by molar-refractivity contribution is 14.0. The summed E-state index contributed by atoms with van der Waals surface area (Å²) in [7, 11) is 3.39. The lowest BCUT2D eigenvalue weighted by atomic mass is 10.2. The Bertz CT molecular complexity index is 451. The van der Waals surface area contributed by atoms with Crippen molar-refractivity contribution in [1.82, 2.24) is 15.6 Å². The van der Waals surface area contributed by atoms with Gasteiger partial charge in [0.25, 0.3) is 0 Å². The fourth-order valence-electron chi connectivity index (χ4n) is 1.95. The average Bonchev–Trinajstić information content (AvgIpc) is 2.97. The summed E-state index contributed by atoms with van der Waals surface area (Å²) in [6.45, 7) is 0.691. The van der Waals surface area contributed by atoms with Crippen LogP contribution in [0.3, 0.4) is 0 Å². The highest BCUT2D eigenvalue weighted by Gasteiger charge is 2.11. The van der Waals surface area contributed by atoms with Crippen molar-refractivity contribution in [3.63, 3.8) is 0 Å². The zero-order chi connectivity index (χ0) is 13.5. The zero-order valence-electron chi connectivity index (χ0n) is 11.8. The first-order valence-electron chi connectivity index (χ1n) is 6.43. The lowest BCUT2D eigenvalue weighted by Crippen LogP contribution is -2.42. The Morgan fingerprint density at radius 2 is 2.15 bits per heavy atom. The minimum Gasteiger partial charge on any atom is -0.481 e. The second kappa shape index (κ2) is 8.78. The predicted octanol–water partition coefficient (Wildman–Crippen LogP) is 2.09. The number of methoxy groups -OCH3 is 1. The number of pyridine rings is 1. The van der Waals surface area contributed by atoms with Crippen LogP contribution >= 0.6 is 24.0 Å². The summed E-state index contributed by atoms with van der Waals surface area (Å²) in [6, 6.07) is 4.30. The van der Waals surface area contributed by atoms with Gasteiger partial charge in [0.15, 0.2) is 5.96 Å². The van der Waals surface area contributed by atoms with Gasteiger partial charge in [-0.3, -0.25) is 4.99 Å². The maximum atomic E-state index is 5.03. The third-order valence-corrected chi connectivity index (χ3v) is 3.04. The molecule has 0 atom stereocenters. The van der Waals surface area contributed by atoms with E-state index in [0.717, 1.165) is 24.4 Å². The lowest BCUT2D eigenvalue weighted by molar-refractivity contribution is 0.397. The van der Waals surface area contributed by atoms with Gasteiger partial charge in [-0.1, -0.05) is 18.2 Å². The van der Waals surface area contributed by atoms with E-state index in [0.29, 0.717) is 18.5 Å². The molecule has 0 radical (unpaired) electrons. The second-order valence-electron chi connectivity index (χ2n) is 4.42. The molecule has 1 aliphatic rings. The first-order chi connectivity index (χ1) is 9.31. The molecule has 1 heterocycles. The van der Waals surface area contributed by atoms with Crippen molar-refractivity contribution in [1.29, 1.82) is 0 Å². The summed E-state index contributed by atoms with van der Waals surface area (Å²) >= 11 is 0. The molecule has 1 aromatic rings. The van der Waals surface area contributed by atoms with E-state index in [9.17, 15) is 0 Å². The molecule has 5 nitrogen and oxygen atoms in total. The Hall–Kier alpha value is -1.31. The predicted molar refractivity (Wildman–Crippen MR) is 91.7 cm³/mol. The van der Waals surface area contributed by atoms with Crippen molar-refractivity contribution in [2.45, 2.75) is 25.4 Å². The maximum absolute atomic E-state index is 5.03. The summed E-state index contributed by atoms with van der Waals surface area (Å²) in [4.78, 5) is 8.39. The molecule has 0 bridgehead atoms. The standard InChI is InChI=1S/C14H20N4O.HI/c1-15-14(18-12-5-3-4-6-12)17-10-11-7-8-13(19-2)16-9-11;/h3-4,7-9,12H,5-6,10H2,1-2H3,(H2,15,17,18);1H. The number of hydrogen-bond donors (Lipinski definition) is 2. The van der Waals surface area contributed by atoms with Gasteiger partial charge in [-0.15, -0.1) is 24.0 Å². The third-order valence-electron chi connectivity index (χ3n) is 3.04. The van der Waals surface area contributed by atoms with E-state index >= 15 is 0 Å². The van der Waals surface area contributed by atoms with Gasteiger partial charge >= 0.3 is 0 Å². The van der Waals surface area contributed by atoms with Crippen LogP contribution in [0.1, 0.15) is 18.4 Å². The molecule has 110 valence electrons. The molecule has 0 aliphatic heterocycles. The Morgan fingerprint density at radius 3 is 2.70 bits per heavy atom. The van der Waals surface area contributed by atoms with Crippen molar-refractivity contribution in [3.05, 3.63) is 36.0 Å². The zero-order valence-corrected chi connectivity index (χ0v) is 14.1. The van der Waals surface area contributed by atoms with Crippen molar-refractivity contribution < 1.29 is 4.74 Å². The second-order valence-corrected chi connectivity index (χ2v) is 4.42. The molecule has 1 aliphatic carbocycles. The molecule has 0 aromatic carbocycles. The molecule has 2 N–H and O–H groups in total. The molecular weight excluding hydrogens is 367 g/mol. The lowest BCUT2D eigenvalue weighted by Gasteiger charge is -2.16. The number of halogens is 1. The minimum absolute atomic E-state index is 0. The van der Waals surface area contributed by atoms with Crippen LogP contribution in [0.4, 0.5) is 0 Å².